The van der Waals surface area contributed by atoms with Crippen molar-refractivity contribution in [1.29, 1.82) is 0 Å². The van der Waals surface area contributed by atoms with E-state index in [1.54, 1.807) is 0 Å². The standard InChI is InChI=1S/C19H27N5O/c1-2-3-6-18(17-5-4-7-20-15-17)21-12-16-13-22-19(23-14-16)24-8-10-25-11-9-24/h4-5,7,13-15,18,21H,2-3,6,8-12H2,1H3. The SMILES string of the molecule is CCCCC(NCc1cnc(N2CCOCC2)nc1)c1cccnc1. The van der Waals surface area contributed by atoms with Gasteiger partial charge in [-0.2, -0.15) is 0 Å². The van der Waals surface area contributed by atoms with Crippen LogP contribution in [-0.4, -0.2) is 41.3 Å². The molecule has 2 aromatic rings. The van der Waals surface area contributed by atoms with Crippen LogP contribution in [0.3, 0.4) is 0 Å². The summed E-state index contributed by atoms with van der Waals surface area (Å²) in [6, 6.07) is 4.45. The van der Waals surface area contributed by atoms with E-state index in [9.17, 15) is 0 Å². The minimum absolute atomic E-state index is 0.313. The Morgan fingerprint density at radius 1 is 1.20 bits per heavy atom. The van der Waals surface area contributed by atoms with Crippen molar-refractivity contribution in [3.63, 3.8) is 0 Å². The molecule has 25 heavy (non-hydrogen) atoms. The number of rotatable bonds is 8. The van der Waals surface area contributed by atoms with Crippen molar-refractivity contribution < 1.29 is 4.74 Å². The third-order valence-electron chi connectivity index (χ3n) is 4.47. The molecule has 1 atom stereocenters. The zero-order valence-electron chi connectivity index (χ0n) is 14.9. The van der Waals surface area contributed by atoms with Crippen LogP contribution in [0.2, 0.25) is 0 Å². The molecule has 6 nitrogen and oxygen atoms in total. The van der Waals surface area contributed by atoms with Gasteiger partial charge in [0.25, 0.3) is 0 Å². The lowest BCUT2D eigenvalue weighted by Gasteiger charge is -2.26. The Labute approximate surface area is 149 Å². The summed E-state index contributed by atoms with van der Waals surface area (Å²) in [6.45, 7) is 6.19. The predicted molar refractivity (Wildman–Crippen MR) is 98.4 cm³/mol. The number of ether oxygens (including phenoxy) is 1. The monoisotopic (exact) mass is 341 g/mol. The molecule has 1 saturated heterocycles. The van der Waals surface area contributed by atoms with Gasteiger partial charge in [0.1, 0.15) is 0 Å². The van der Waals surface area contributed by atoms with Gasteiger partial charge in [-0.1, -0.05) is 25.8 Å². The Morgan fingerprint density at radius 2 is 2.00 bits per heavy atom. The molecule has 0 aromatic carbocycles. The first-order chi connectivity index (χ1) is 12.4. The highest BCUT2D eigenvalue weighted by Gasteiger charge is 2.14. The van der Waals surface area contributed by atoms with Crippen molar-refractivity contribution in [2.75, 3.05) is 31.2 Å². The fourth-order valence-electron chi connectivity index (χ4n) is 2.98. The fourth-order valence-corrected chi connectivity index (χ4v) is 2.98. The van der Waals surface area contributed by atoms with Gasteiger partial charge in [-0.25, -0.2) is 9.97 Å². The molecule has 0 saturated carbocycles. The van der Waals surface area contributed by atoms with Crippen LogP contribution < -0.4 is 10.2 Å². The number of aromatic nitrogens is 3. The summed E-state index contributed by atoms with van der Waals surface area (Å²) in [7, 11) is 0. The lowest BCUT2D eigenvalue weighted by Crippen LogP contribution is -2.37. The van der Waals surface area contributed by atoms with E-state index in [0.29, 0.717) is 6.04 Å². The first-order valence-electron chi connectivity index (χ1n) is 9.13. The Hall–Kier alpha value is -2.05. The molecule has 1 aliphatic rings. The molecule has 1 fully saturated rings. The number of pyridine rings is 1. The molecule has 3 rings (SSSR count). The third-order valence-corrected chi connectivity index (χ3v) is 4.47. The average molecular weight is 341 g/mol. The van der Waals surface area contributed by atoms with Crippen LogP contribution in [0.15, 0.2) is 36.9 Å². The zero-order chi connectivity index (χ0) is 17.3. The van der Waals surface area contributed by atoms with E-state index in [1.807, 2.05) is 30.9 Å². The largest absolute Gasteiger partial charge is 0.378 e. The highest BCUT2D eigenvalue weighted by molar-refractivity contribution is 5.30. The molecule has 1 unspecified atom stereocenters. The summed E-state index contributed by atoms with van der Waals surface area (Å²) >= 11 is 0. The second-order valence-corrected chi connectivity index (χ2v) is 6.35. The average Bonchev–Trinajstić information content (AvgIpc) is 2.70. The van der Waals surface area contributed by atoms with Crippen LogP contribution in [-0.2, 0) is 11.3 Å². The topological polar surface area (TPSA) is 63.2 Å². The van der Waals surface area contributed by atoms with Gasteiger partial charge in [0.15, 0.2) is 0 Å². The lowest BCUT2D eigenvalue weighted by atomic mass is 10.0. The number of nitrogens with zero attached hydrogens (tertiary/aromatic N) is 4. The number of unbranched alkanes of at least 4 members (excludes halogenated alkanes) is 1. The highest BCUT2D eigenvalue weighted by Crippen LogP contribution is 2.19. The number of hydrogen-bond donors (Lipinski definition) is 1. The smallest absolute Gasteiger partial charge is 0.225 e. The number of morpholine rings is 1. The maximum atomic E-state index is 5.37. The van der Waals surface area contributed by atoms with Crippen molar-refractivity contribution >= 4 is 5.95 Å². The molecule has 0 amide bonds. The minimum atomic E-state index is 0.313. The van der Waals surface area contributed by atoms with Gasteiger partial charge in [-0.15, -0.1) is 0 Å². The maximum absolute atomic E-state index is 5.37. The van der Waals surface area contributed by atoms with Crippen LogP contribution in [0.4, 0.5) is 5.95 Å². The van der Waals surface area contributed by atoms with Gasteiger partial charge in [0.2, 0.25) is 5.95 Å². The van der Waals surface area contributed by atoms with Crippen LogP contribution in [0.25, 0.3) is 0 Å². The van der Waals surface area contributed by atoms with Gasteiger partial charge in [0, 0.05) is 56.0 Å². The van der Waals surface area contributed by atoms with Crippen LogP contribution in [0.1, 0.15) is 43.4 Å². The van der Waals surface area contributed by atoms with Crippen molar-refractivity contribution in [3.8, 4) is 0 Å². The first kappa shape index (κ1) is 17.8. The van der Waals surface area contributed by atoms with Crippen LogP contribution in [0.5, 0.6) is 0 Å². The normalized spacial score (nSPS) is 16.0. The summed E-state index contributed by atoms with van der Waals surface area (Å²) in [6.07, 6.45) is 11.1. The molecule has 3 heterocycles. The summed E-state index contributed by atoms with van der Waals surface area (Å²) in [5, 5.41) is 3.63. The molecule has 6 heteroatoms. The van der Waals surface area contributed by atoms with Crippen molar-refractivity contribution in [3.05, 3.63) is 48.0 Å². The maximum Gasteiger partial charge on any atom is 0.225 e. The quantitative estimate of drug-likeness (QED) is 0.796. The lowest BCUT2D eigenvalue weighted by molar-refractivity contribution is 0.122. The summed E-state index contributed by atoms with van der Waals surface area (Å²) < 4.78 is 5.37. The van der Waals surface area contributed by atoms with Crippen LogP contribution >= 0.6 is 0 Å². The van der Waals surface area contributed by atoms with E-state index in [1.165, 1.54) is 18.4 Å². The number of hydrogen-bond acceptors (Lipinski definition) is 6. The number of anilines is 1. The van der Waals surface area contributed by atoms with E-state index in [0.717, 1.165) is 50.8 Å². The summed E-state index contributed by atoms with van der Waals surface area (Å²) in [4.78, 5) is 15.5. The second kappa shape index (κ2) is 9.44. The first-order valence-corrected chi connectivity index (χ1v) is 9.13. The third kappa shape index (κ3) is 5.21. The molecular weight excluding hydrogens is 314 g/mol. The predicted octanol–water partition coefficient (Wildman–Crippen LogP) is 2.73. The molecule has 1 N–H and O–H groups in total. The van der Waals surface area contributed by atoms with Gasteiger partial charge < -0.3 is 15.0 Å². The van der Waals surface area contributed by atoms with Crippen molar-refractivity contribution in [1.82, 2.24) is 20.3 Å². The number of nitrogens with one attached hydrogen (secondary N) is 1. The van der Waals surface area contributed by atoms with E-state index < -0.39 is 0 Å². The fraction of sp³-hybridized carbons (Fsp3) is 0.526. The Morgan fingerprint density at radius 3 is 2.68 bits per heavy atom. The Balaban J connectivity index is 1.58. The van der Waals surface area contributed by atoms with Crippen molar-refractivity contribution in [2.45, 2.75) is 38.8 Å². The zero-order valence-corrected chi connectivity index (χ0v) is 14.9. The van der Waals surface area contributed by atoms with Crippen molar-refractivity contribution in [2.24, 2.45) is 0 Å². The second-order valence-electron chi connectivity index (χ2n) is 6.35. The molecule has 0 bridgehead atoms. The molecular formula is C19H27N5O. The highest BCUT2D eigenvalue weighted by atomic mass is 16.5. The minimum Gasteiger partial charge on any atom is -0.378 e. The molecule has 1 aliphatic heterocycles. The molecule has 2 aromatic heterocycles. The van der Waals surface area contributed by atoms with Gasteiger partial charge in [-0.05, 0) is 18.1 Å². The Kier molecular flexibility index (Phi) is 6.71. The van der Waals surface area contributed by atoms with E-state index in [-0.39, 0.29) is 0 Å². The molecule has 0 aliphatic carbocycles. The van der Waals surface area contributed by atoms with Gasteiger partial charge in [-0.3, -0.25) is 4.98 Å². The Bertz CT molecular complexity index is 613. The van der Waals surface area contributed by atoms with Crippen LogP contribution in [0, 0.1) is 0 Å². The van der Waals surface area contributed by atoms with Gasteiger partial charge >= 0.3 is 0 Å². The molecule has 134 valence electrons. The van der Waals surface area contributed by atoms with E-state index >= 15 is 0 Å². The summed E-state index contributed by atoms with van der Waals surface area (Å²) in [5.41, 5.74) is 2.34. The van der Waals surface area contributed by atoms with E-state index in [4.69, 9.17) is 4.74 Å². The summed E-state index contributed by atoms with van der Waals surface area (Å²) in [5.74, 6) is 0.793. The van der Waals surface area contributed by atoms with Gasteiger partial charge in [0.05, 0.1) is 13.2 Å². The van der Waals surface area contributed by atoms with E-state index in [2.05, 4.69) is 38.2 Å². The molecule has 0 spiro atoms. The molecule has 0 radical (unpaired) electrons.